The molecule has 110 valence electrons. The molecule has 0 heterocycles. The van der Waals surface area contributed by atoms with Crippen molar-refractivity contribution < 1.29 is 14.7 Å². The molecule has 1 amide bonds. The lowest BCUT2D eigenvalue weighted by atomic mass is 10.1. The van der Waals surface area contributed by atoms with Crippen molar-refractivity contribution in [1.82, 2.24) is 4.90 Å². The van der Waals surface area contributed by atoms with Gasteiger partial charge in [-0.3, -0.25) is 9.59 Å². The van der Waals surface area contributed by atoms with Crippen LogP contribution in [0.2, 0.25) is 0 Å². The Labute approximate surface area is 119 Å². The predicted octanol–water partition coefficient (Wildman–Crippen LogP) is 1.75. The summed E-state index contributed by atoms with van der Waals surface area (Å²) in [5.74, 6) is -0.874. The molecular formula is C15H22N2O3. The molecule has 5 heteroatoms. The molecule has 0 saturated carbocycles. The smallest absolute Gasteiger partial charge is 0.305 e. The Kier molecular flexibility index (Phi) is 6.03. The van der Waals surface area contributed by atoms with Crippen molar-refractivity contribution in [2.24, 2.45) is 0 Å². The molecule has 0 bridgehead atoms. The molecule has 1 rings (SSSR count). The van der Waals surface area contributed by atoms with Gasteiger partial charge in [0.05, 0.1) is 13.0 Å². The van der Waals surface area contributed by atoms with E-state index in [0.717, 1.165) is 11.3 Å². The number of likely N-dealkylation sites (N-methyl/N-ethyl adjacent to an activating group) is 1. The number of carboxylic acid groups (broad SMARTS) is 1. The molecule has 0 aliphatic heterocycles. The van der Waals surface area contributed by atoms with Crippen LogP contribution in [0.15, 0.2) is 24.3 Å². The van der Waals surface area contributed by atoms with Crippen LogP contribution >= 0.6 is 0 Å². The van der Waals surface area contributed by atoms with Crippen LogP contribution in [0.3, 0.4) is 0 Å². The number of hydrogen-bond donors (Lipinski definition) is 1. The van der Waals surface area contributed by atoms with E-state index in [0.29, 0.717) is 13.1 Å². The number of benzene rings is 1. The fourth-order valence-corrected chi connectivity index (χ4v) is 1.89. The Morgan fingerprint density at radius 2 is 1.90 bits per heavy atom. The zero-order valence-electron chi connectivity index (χ0n) is 12.3. The lowest BCUT2D eigenvalue weighted by Crippen LogP contribution is -2.39. The maximum absolute atomic E-state index is 12.1. The first-order valence-electron chi connectivity index (χ1n) is 6.72. The van der Waals surface area contributed by atoms with Crippen molar-refractivity contribution in [2.75, 3.05) is 31.6 Å². The van der Waals surface area contributed by atoms with Gasteiger partial charge in [-0.15, -0.1) is 0 Å². The Morgan fingerprint density at radius 3 is 2.45 bits per heavy atom. The summed E-state index contributed by atoms with van der Waals surface area (Å²) < 4.78 is 0. The third-order valence-electron chi connectivity index (χ3n) is 3.28. The van der Waals surface area contributed by atoms with Crippen LogP contribution in [-0.2, 0) is 9.59 Å². The maximum Gasteiger partial charge on any atom is 0.305 e. The zero-order valence-corrected chi connectivity index (χ0v) is 12.3. The van der Waals surface area contributed by atoms with Gasteiger partial charge < -0.3 is 14.9 Å². The van der Waals surface area contributed by atoms with Gasteiger partial charge >= 0.3 is 5.97 Å². The second-order valence-corrected chi connectivity index (χ2v) is 4.76. The van der Waals surface area contributed by atoms with Gasteiger partial charge in [0.1, 0.15) is 0 Å². The van der Waals surface area contributed by atoms with E-state index in [1.807, 2.05) is 43.0 Å². The molecule has 20 heavy (non-hydrogen) atoms. The largest absolute Gasteiger partial charge is 0.481 e. The van der Waals surface area contributed by atoms with Crippen molar-refractivity contribution in [3.05, 3.63) is 29.8 Å². The molecule has 0 atom stereocenters. The second kappa shape index (κ2) is 7.53. The van der Waals surface area contributed by atoms with Gasteiger partial charge in [0.2, 0.25) is 5.91 Å². The first kappa shape index (κ1) is 16.0. The van der Waals surface area contributed by atoms with Crippen LogP contribution < -0.4 is 4.90 Å². The number of hydrogen-bond acceptors (Lipinski definition) is 3. The molecule has 0 aliphatic rings. The first-order chi connectivity index (χ1) is 9.45. The van der Waals surface area contributed by atoms with E-state index < -0.39 is 5.97 Å². The van der Waals surface area contributed by atoms with Crippen LogP contribution in [-0.4, -0.2) is 48.6 Å². The minimum atomic E-state index is -0.861. The van der Waals surface area contributed by atoms with Gasteiger partial charge in [-0.25, -0.2) is 0 Å². The number of carbonyl (C=O) groups excluding carboxylic acids is 1. The number of aryl methyl sites for hydroxylation is 1. The average Bonchev–Trinajstić information content (AvgIpc) is 2.42. The van der Waals surface area contributed by atoms with Crippen LogP contribution in [0.5, 0.6) is 0 Å². The minimum Gasteiger partial charge on any atom is -0.481 e. The third kappa shape index (κ3) is 4.57. The van der Waals surface area contributed by atoms with Crippen LogP contribution in [0.4, 0.5) is 5.69 Å². The first-order valence-corrected chi connectivity index (χ1v) is 6.72. The minimum absolute atomic E-state index is 0.0114. The number of carbonyl (C=O) groups is 2. The van der Waals surface area contributed by atoms with E-state index in [1.54, 1.807) is 11.9 Å². The summed E-state index contributed by atoms with van der Waals surface area (Å²) in [5.41, 5.74) is 1.94. The van der Waals surface area contributed by atoms with Crippen molar-refractivity contribution >= 4 is 17.6 Å². The van der Waals surface area contributed by atoms with Crippen LogP contribution in [0.1, 0.15) is 18.9 Å². The fourth-order valence-electron chi connectivity index (χ4n) is 1.89. The number of nitrogens with zero attached hydrogens (tertiary/aromatic N) is 2. The Bertz CT molecular complexity index is 474. The molecule has 0 unspecified atom stereocenters. The molecule has 0 aliphatic carbocycles. The molecule has 0 aromatic heterocycles. The highest BCUT2D eigenvalue weighted by Gasteiger charge is 2.16. The summed E-state index contributed by atoms with van der Waals surface area (Å²) in [6.07, 6.45) is 0.0114. The molecule has 1 aromatic rings. The Morgan fingerprint density at radius 1 is 1.25 bits per heavy atom. The van der Waals surface area contributed by atoms with Gasteiger partial charge in [-0.05, 0) is 25.5 Å². The van der Waals surface area contributed by atoms with E-state index in [2.05, 4.69) is 0 Å². The number of rotatable bonds is 7. The highest BCUT2D eigenvalue weighted by atomic mass is 16.4. The van der Waals surface area contributed by atoms with E-state index in [1.165, 1.54) is 0 Å². The van der Waals surface area contributed by atoms with Gasteiger partial charge in [-0.2, -0.15) is 0 Å². The molecule has 5 nitrogen and oxygen atoms in total. The summed E-state index contributed by atoms with van der Waals surface area (Å²) >= 11 is 0. The Balaban J connectivity index is 2.88. The predicted molar refractivity (Wildman–Crippen MR) is 79.0 cm³/mol. The Hall–Kier alpha value is -2.04. The van der Waals surface area contributed by atoms with Gasteiger partial charge in [0.15, 0.2) is 0 Å². The van der Waals surface area contributed by atoms with Gasteiger partial charge in [-0.1, -0.05) is 18.2 Å². The number of aliphatic carboxylic acids is 1. The van der Waals surface area contributed by atoms with Crippen molar-refractivity contribution in [3.8, 4) is 0 Å². The standard InChI is InChI=1S/C15H22N2O3/c1-4-16(3)14(18)11-17(10-9-15(19)20)13-8-6-5-7-12(13)2/h5-8H,4,9-11H2,1-3H3,(H,19,20). The topological polar surface area (TPSA) is 60.9 Å². The number of para-hydroxylation sites is 1. The third-order valence-corrected chi connectivity index (χ3v) is 3.28. The van der Waals surface area contributed by atoms with E-state index in [9.17, 15) is 9.59 Å². The van der Waals surface area contributed by atoms with Crippen molar-refractivity contribution in [1.29, 1.82) is 0 Å². The lowest BCUT2D eigenvalue weighted by molar-refractivity contribution is -0.137. The van der Waals surface area contributed by atoms with E-state index in [-0.39, 0.29) is 18.9 Å². The summed E-state index contributed by atoms with van der Waals surface area (Å²) in [6.45, 7) is 5.02. The van der Waals surface area contributed by atoms with Gasteiger partial charge in [0, 0.05) is 25.8 Å². The van der Waals surface area contributed by atoms with Crippen LogP contribution in [0, 0.1) is 6.92 Å². The quantitative estimate of drug-likeness (QED) is 0.825. The summed E-state index contributed by atoms with van der Waals surface area (Å²) in [5, 5.41) is 8.85. The highest BCUT2D eigenvalue weighted by Crippen LogP contribution is 2.19. The molecule has 1 N–H and O–H groups in total. The van der Waals surface area contributed by atoms with E-state index >= 15 is 0 Å². The fraction of sp³-hybridized carbons (Fsp3) is 0.467. The SMILES string of the molecule is CCN(C)C(=O)CN(CCC(=O)O)c1ccccc1C. The number of anilines is 1. The molecular weight excluding hydrogens is 256 g/mol. The van der Waals surface area contributed by atoms with Gasteiger partial charge in [0.25, 0.3) is 0 Å². The molecule has 0 saturated heterocycles. The lowest BCUT2D eigenvalue weighted by Gasteiger charge is -2.27. The average molecular weight is 278 g/mol. The maximum atomic E-state index is 12.1. The number of amides is 1. The van der Waals surface area contributed by atoms with Crippen molar-refractivity contribution in [3.63, 3.8) is 0 Å². The van der Waals surface area contributed by atoms with E-state index in [4.69, 9.17) is 5.11 Å². The molecule has 0 spiro atoms. The summed E-state index contributed by atoms with van der Waals surface area (Å²) in [6, 6.07) is 7.69. The normalized spacial score (nSPS) is 10.2. The zero-order chi connectivity index (χ0) is 15.1. The van der Waals surface area contributed by atoms with Crippen LogP contribution in [0.25, 0.3) is 0 Å². The van der Waals surface area contributed by atoms with Crippen molar-refractivity contribution in [2.45, 2.75) is 20.3 Å². The summed E-state index contributed by atoms with van der Waals surface area (Å²) in [7, 11) is 1.75. The molecule has 0 fully saturated rings. The number of carboxylic acids is 1. The monoisotopic (exact) mass is 278 g/mol. The second-order valence-electron chi connectivity index (χ2n) is 4.76. The molecule has 1 aromatic carbocycles. The molecule has 0 radical (unpaired) electrons. The summed E-state index contributed by atoms with van der Waals surface area (Å²) in [4.78, 5) is 26.3. The highest BCUT2D eigenvalue weighted by molar-refractivity contribution is 5.82.